The number of halogens is 1. The van der Waals surface area contributed by atoms with Crippen LogP contribution in [0, 0.1) is 0 Å². The minimum Gasteiger partial charge on any atom is -0.224 e. The van der Waals surface area contributed by atoms with Gasteiger partial charge in [0, 0.05) is 29.1 Å². The monoisotopic (exact) mass is 461 g/mol. The fourth-order valence-electron chi connectivity index (χ4n) is 2.43. The molecule has 3 aromatic rings. The van der Waals surface area contributed by atoms with Gasteiger partial charge in [-0.2, -0.15) is 4.31 Å². The maximum Gasteiger partial charge on any atom is 0.245 e. The van der Waals surface area contributed by atoms with Crippen molar-refractivity contribution in [3.05, 3.63) is 68.0 Å². The molecule has 0 bridgehead atoms. The number of thiophene rings is 2. The largest absolute Gasteiger partial charge is 0.245 e. The molecule has 1 aromatic carbocycles. The summed E-state index contributed by atoms with van der Waals surface area (Å²) in [4.78, 5) is 1.47. The van der Waals surface area contributed by atoms with Gasteiger partial charge in [0.15, 0.2) is 9.84 Å². The molecule has 0 amide bonds. The van der Waals surface area contributed by atoms with Crippen LogP contribution < -0.4 is 0 Å². The van der Waals surface area contributed by atoms with Crippen LogP contribution in [-0.4, -0.2) is 27.4 Å². The minimum absolute atomic E-state index is 0.00948. The molecule has 0 aliphatic carbocycles. The molecule has 144 valence electrons. The van der Waals surface area contributed by atoms with Gasteiger partial charge in [0.05, 0.1) is 9.92 Å². The third-order valence-corrected chi connectivity index (χ3v) is 8.88. The number of benzene rings is 1. The average Bonchev–Trinajstić information content (AvgIpc) is 3.27. The molecule has 0 unspecified atom stereocenters. The molecule has 2 aromatic heterocycles. The predicted molar refractivity (Wildman–Crippen MR) is 110 cm³/mol. The van der Waals surface area contributed by atoms with Gasteiger partial charge in [-0.15, -0.1) is 22.7 Å². The van der Waals surface area contributed by atoms with Gasteiger partial charge in [0.25, 0.3) is 0 Å². The molecule has 10 heteroatoms. The van der Waals surface area contributed by atoms with Gasteiger partial charge in [-0.3, -0.25) is 0 Å². The summed E-state index contributed by atoms with van der Waals surface area (Å²) in [5.41, 5.74) is 0. The zero-order chi connectivity index (χ0) is 19.7. The second kappa shape index (κ2) is 8.02. The highest BCUT2D eigenvalue weighted by Gasteiger charge is 2.29. The highest BCUT2D eigenvalue weighted by atomic mass is 35.5. The van der Waals surface area contributed by atoms with E-state index in [9.17, 15) is 16.8 Å². The van der Waals surface area contributed by atoms with Crippen molar-refractivity contribution in [2.24, 2.45) is 0 Å². The van der Waals surface area contributed by atoms with Crippen molar-refractivity contribution in [3.63, 3.8) is 0 Å². The molecule has 27 heavy (non-hydrogen) atoms. The standard InChI is InChI=1S/C17H16ClNO4S4/c1-26(20,21)15-6-7-16(18)17(10-15)27(22,23)19(11-13-4-2-8-24-13)12-14-5-3-9-25-14/h2-10H,11-12H2,1H3. The van der Waals surface area contributed by atoms with Gasteiger partial charge in [-0.05, 0) is 41.1 Å². The zero-order valence-corrected chi connectivity index (χ0v) is 18.2. The van der Waals surface area contributed by atoms with Crippen LogP contribution >= 0.6 is 34.3 Å². The van der Waals surface area contributed by atoms with Crippen LogP contribution in [0.5, 0.6) is 0 Å². The molecule has 5 nitrogen and oxygen atoms in total. The van der Waals surface area contributed by atoms with Crippen LogP contribution in [0.4, 0.5) is 0 Å². The van der Waals surface area contributed by atoms with Gasteiger partial charge in [0.2, 0.25) is 10.0 Å². The number of rotatable bonds is 7. The van der Waals surface area contributed by atoms with E-state index in [0.29, 0.717) is 0 Å². The highest BCUT2D eigenvalue weighted by molar-refractivity contribution is 7.91. The number of sulfonamides is 1. The number of nitrogens with zero attached hydrogens (tertiary/aromatic N) is 1. The Morgan fingerprint density at radius 1 is 0.926 bits per heavy atom. The molecule has 0 saturated carbocycles. The summed E-state index contributed by atoms with van der Waals surface area (Å²) in [5.74, 6) is 0. The summed E-state index contributed by atoms with van der Waals surface area (Å²) in [6, 6.07) is 11.2. The Labute approximate surface area is 171 Å². The van der Waals surface area contributed by atoms with E-state index >= 15 is 0 Å². The Bertz CT molecular complexity index is 1090. The van der Waals surface area contributed by atoms with E-state index in [0.717, 1.165) is 22.1 Å². The summed E-state index contributed by atoms with van der Waals surface area (Å²) >= 11 is 9.05. The Morgan fingerprint density at radius 2 is 1.48 bits per heavy atom. The Hall–Kier alpha value is -1.23. The fraction of sp³-hybridized carbons (Fsp3) is 0.176. The summed E-state index contributed by atoms with van der Waals surface area (Å²) in [6.45, 7) is 0.356. The van der Waals surface area contributed by atoms with Crippen LogP contribution in [0.1, 0.15) is 9.75 Å². The molecule has 0 atom stereocenters. The quantitative estimate of drug-likeness (QED) is 0.527. The predicted octanol–water partition coefficient (Wildman–Crippen LogP) is 4.26. The van der Waals surface area contributed by atoms with E-state index in [4.69, 9.17) is 11.6 Å². The van der Waals surface area contributed by atoms with Crippen molar-refractivity contribution in [2.75, 3.05) is 6.26 Å². The third kappa shape index (κ3) is 4.79. The second-order valence-corrected chi connectivity index (χ2v) is 12.2. The molecule has 0 N–H and O–H groups in total. The molecular formula is C17H16ClNO4S4. The van der Waals surface area contributed by atoms with Crippen LogP contribution in [0.15, 0.2) is 63.0 Å². The Balaban J connectivity index is 2.07. The zero-order valence-electron chi connectivity index (χ0n) is 14.2. The van der Waals surface area contributed by atoms with E-state index in [1.807, 2.05) is 35.0 Å². The first-order chi connectivity index (χ1) is 12.7. The topological polar surface area (TPSA) is 71.5 Å². The Morgan fingerprint density at radius 3 is 1.93 bits per heavy atom. The van der Waals surface area contributed by atoms with Gasteiger partial charge < -0.3 is 0 Å². The first kappa shape index (κ1) is 20.5. The molecule has 0 aliphatic heterocycles. The molecular weight excluding hydrogens is 446 g/mol. The van der Waals surface area contributed by atoms with Crippen molar-refractivity contribution in [2.45, 2.75) is 22.9 Å². The SMILES string of the molecule is CS(=O)(=O)c1ccc(Cl)c(S(=O)(=O)N(Cc2cccs2)Cc2cccs2)c1. The van der Waals surface area contributed by atoms with Crippen LogP contribution in [0.2, 0.25) is 5.02 Å². The van der Waals surface area contributed by atoms with E-state index in [2.05, 4.69) is 0 Å². The lowest BCUT2D eigenvalue weighted by Gasteiger charge is -2.22. The first-order valence-corrected chi connectivity index (χ1v) is 13.2. The molecule has 0 saturated heterocycles. The van der Waals surface area contributed by atoms with Crippen LogP contribution in [0.3, 0.4) is 0 Å². The van der Waals surface area contributed by atoms with Gasteiger partial charge >= 0.3 is 0 Å². The summed E-state index contributed by atoms with van der Waals surface area (Å²) in [6.07, 6.45) is 1.03. The minimum atomic E-state index is -4.02. The first-order valence-electron chi connectivity index (χ1n) is 7.72. The van der Waals surface area contributed by atoms with Crippen molar-refractivity contribution < 1.29 is 16.8 Å². The third-order valence-electron chi connectivity index (χ3n) is 3.77. The molecule has 0 aliphatic rings. The number of hydrogen-bond acceptors (Lipinski definition) is 6. The van der Waals surface area contributed by atoms with Crippen LogP contribution in [-0.2, 0) is 33.0 Å². The number of sulfone groups is 1. The highest BCUT2D eigenvalue weighted by Crippen LogP contribution is 2.30. The Kier molecular flexibility index (Phi) is 6.09. The molecule has 0 fully saturated rings. The summed E-state index contributed by atoms with van der Waals surface area (Å²) in [5, 5.41) is 3.75. The molecule has 0 spiro atoms. The van der Waals surface area contributed by atoms with Crippen molar-refractivity contribution in [3.8, 4) is 0 Å². The maximum absolute atomic E-state index is 13.3. The van der Waals surface area contributed by atoms with Gasteiger partial charge in [-0.25, -0.2) is 16.8 Å². The smallest absolute Gasteiger partial charge is 0.224 e. The maximum atomic E-state index is 13.3. The fourth-order valence-corrected chi connectivity index (χ4v) is 6.65. The average molecular weight is 462 g/mol. The lowest BCUT2D eigenvalue weighted by molar-refractivity contribution is 0.407. The lowest BCUT2D eigenvalue weighted by atomic mass is 10.4. The molecule has 2 heterocycles. The molecule has 3 rings (SSSR count). The van der Waals surface area contributed by atoms with Crippen LogP contribution in [0.25, 0.3) is 0 Å². The van der Waals surface area contributed by atoms with E-state index < -0.39 is 19.9 Å². The normalized spacial score (nSPS) is 12.6. The van der Waals surface area contributed by atoms with Crippen molar-refractivity contribution >= 4 is 54.1 Å². The number of hydrogen-bond donors (Lipinski definition) is 0. The molecule has 0 radical (unpaired) electrons. The van der Waals surface area contributed by atoms with Crippen molar-refractivity contribution in [1.29, 1.82) is 0 Å². The summed E-state index contributed by atoms with van der Waals surface area (Å²) < 4.78 is 51.7. The lowest BCUT2D eigenvalue weighted by Crippen LogP contribution is -2.30. The van der Waals surface area contributed by atoms with Gasteiger partial charge in [-0.1, -0.05) is 23.7 Å². The van der Waals surface area contributed by atoms with E-state index in [1.54, 1.807) is 0 Å². The van der Waals surface area contributed by atoms with Gasteiger partial charge in [0.1, 0.15) is 4.90 Å². The van der Waals surface area contributed by atoms with Crippen molar-refractivity contribution in [1.82, 2.24) is 4.31 Å². The van der Waals surface area contributed by atoms with E-state index in [1.165, 1.54) is 39.1 Å². The summed E-state index contributed by atoms with van der Waals surface area (Å²) in [7, 11) is -7.58. The van der Waals surface area contributed by atoms with E-state index in [-0.39, 0.29) is 27.9 Å². The second-order valence-electron chi connectivity index (χ2n) is 5.80.